The van der Waals surface area contributed by atoms with Crippen molar-refractivity contribution in [2.45, 2.75) is 26.2 Å². The van der Waals surface area contributed by atoms with Crippen molar-refractivity contribution in [3.05, 3.63) is 24.0 Å². The monoisotopic (exact) mass is 421 g/mol. The molecule has 0 radical (unpaired) electrons. The summed E-state index contributed by atoms with van der Waals surface area (Å²) in [4.78, 5) is 29.7. The minimum Gasteiger partial charge on any atom is -0.342 e. The second-order valence-corrected chi connectivity index (χ2v) is 10.4. The number of nitrogens with zero attached hydrogens (tertiary/aromatic N) is 5. The van der Waals surface area contributed by atoms with Crippen LogP contribution in [0.4, 0.5) is 0 Å². The maximum absolute atomic E-state index is 13.4. The Kier molecular flexibility index (Phi) is 4.89. The highest BCUT2D eigenvalue weighted by atomic mass is 32.2. The van der Waals surface area contributed by atoms with Gasteiger partial charge in [-0.3, -0.25) is 9.59 Å². The summed E-state index contributed by atoms with van der Waals surface area (Å²) in [6.07, 6.45) is 6.07. The summed E-state index contributed by atoms with van der Waals surface area (Å²) in [5, 5.41) is 7.48. The molecule has 0 aromatic carbocycles. The van der Waals surface area contributed by atoms with Crippen LogP contribution in [0.15, 0.2) is 18.5 Å². The number of carbonyl (C=O) groups is 2. The van der Waals surface area contributed by atoms with E-state index >= 15 is 0 Å². The Morgan fingerprint density at radius 3 is 2.41 bits per heavy atom. The number of carbonyl (C=O) groups excluding carboxylic acids is 2. The zero-order chi connectivity index (χ0) is 20.9. The predicted molar refractivity (Wildman–Crippen MR) is 105 cm³/mol. The molecule has 2 spiro atoms. The molecule has 0 aliphatic carbocycles. The first kappa shape index (κ1) is 20.2. The third-order valence-corrected chi connectivity index (χ3v) is 8.33. The van der Waals surface area contributed by atoms with E-state index in [1.165, 1.54) is 23.0 Å². The van der Waals surface area contributed by atoms with Crippen LogP contribution in [0.3, 0.4) is 0 Å². The van der Waals surface area contributed by atoms with Gasteiger partial charge in [0.25, 0.3) is 5.91 Å². The molecule has 0 saturated carbocycles. The van der Waals surface area contributed by atoms with Crippen LogP contribution in [-0.2, 0) is 14.8 Å². The average Bonchev–Trinajstić information content (AvgIpc) is 3.21. The molecule has 9 nitrogen and oxygen atoms in total. The zero-order valence-electron chi connectivity index (χ0n) is 16.9. The molecule has 1 aromatic heterocycles. The van der Waals surface area contributed by atoms with Crippen molar-refractivity contribution in [2.24, 2.45) is 10.8 Å². The van der Waals surface area contributed by atoms with Gasteiger partial charge in [0.05, 0.1) is 29.6 Å². The topological polar surface area (TPSA) is 104 Å². The Balaban J connectivity index is 1.60. The first-order valence-electron chi connectivity index (χ1n) is 10.0. The van der Waals surface area contributed by atoms with E-state index in [0.717, 1.165) is 0 Å². The molecule has 3 saturated heterocycles. The van der Waals surface area contributed by atoms with Crippen LogP contribution in [0.1, 0.15) is 36.5 Å². The second kappa shape index (κ2) is 7.02. The lowest BCUT2D eigenvalue weighted by molar-refractivity contribution is -0.141. The van der Waals surface area contributed by atoms with Crippen molar-refractivity contribution in [3.8, 4) is 0 Å². The van der Waals surface area contributed by atoms with Crippen LogP contribution in [-0.4, -0.2) is 90.1 Å². The highest BCUT2D eigenvalue weighted by molar-refractivity contribution is 7.88. The number of fused-ring (bicyclic) bond motifs is 1. The summed E-state index contributed by atoms with van der Waals surface area (Å²) in [6, 6.07) is 1.64. The zero-order valence-corrected chi connectivity index (χ0v) is 17.7. The van der Waals surface area contributed by atoms with Crippen LogP contribution in [0.25, 0.3) is 0 Å². The molecule has 2 amide bonds. The summed E-state index contributed by atoms with van der Waals surface area (Å²) >= 11 is 0. The van der Waals surface area contributed by atoms with Crippen molar-refractivity contribution in [3.63, 3.8) is 0 Å². The van der Waals surface area contributed by atoms with Gasteiger partial charge in [-0.2, -0.15) is 10.2 Å². The van der Waals surface area contributed by atoms with Crippen molar-refractivity contribution >= 4 is 21.8 Å². The molecule has 0 bridgehead atoms. The number of amides is 2. The fourth-order valence-electron chi connectivity index (χ4n) is 5.40. The molecule has 3 aliphatic heterocycles. The molecule has 1 unspecified atom stereocenters. The molecule has 29 heavy (non-hydrogen) atoms. The molecule has 0 N–H and O–H groups in total. The minimum absolute atomic E-state index is 0.0734. The Morgan fingerprint density at radius 2 is 1.86 bits per heavy atom. The van der Waals surface area contributed by atoms with E-state index in [0.29, 0.717) is 57.5 Å². The van der Waals surface area contributed by atoms with Gasteiger partial charge >= 0.3 is 0 Å². The Morgan fingerprint density at radius 1 is 1.14 bits per heavy atom. The van der Waals surface area contributed by atoms with Gasteiger partial charge in [-0.05, 0) is 32.3 Å². The molecule has 4 heterocycles. The van der Waals surface area contributed by atoms with Crippen molar-refractivity contribution in [2.75, 3.05) is 45.5 Å². The number of sulfonamides is 1. The van der Waals surface area contributed by atoms with E-state index in [1.54, 1.807) is 11.0 Å². The van der Waals surface area contributed by atoms with E-state index in [2.05, 4.69) is 10.2 Å². The van der Waals surface area contributed by atoms with Crippen LogP contribution in [0.2, 0.25) is 0 Å². The smallest absolute Gasteiger partial charge is 0.255 e. The fraction of sp³-hybridized carbons (Fsp3) is 0.684. The van der Waals surface area contributed by atoms with Crippen molar-refractivity contribution < 1.29 is 18.0 Å². The SMILES string of the molecule is CCN1CCC2(CN(S(C)(=O)=O)CC23CCN(C(=O)c2ccnnc2)CC3)C1=O. The molecular formula is C19H27N5O4S. The summed E-state index contributed by atoms with van der Waals surface area (Å²) < 4.78 is 26.2. The molecule has 3 aliphatic rings. The first-order chi connectivity index (χ1) is 13.7. The maximum Gasteiger partial charge on any atom is 0.255 e. The molecule has 3 fully saturated rings. The van der Waals surface area contributed by atoms with E-state index in [-0.39, 0.29) is 18.4 Å². The summed E-state index contributed by atoms with van der Waals surface area (Å²) in [5.41, 5.74) is -0.618. The Bertz CT molecular complexity index is 914. The van der Waals surface area contributed by atoms with Crippen molar-refractivity contribution in [1.82, 2.24) is 24.3 Å². The van der Waals surface area contributed by atoms with E-state index in [4.69, 9.17) is 0 Å². The molecular weight excluding hydrogens is 394 g/mol. The van der Waals surface area contributed by atoms with Gasteiger partial charge in [0, 0.05) is 44.7 Å². The molecule has 1 aromatic rings. The van der Waals surface area contributed by atoms with Gasteiger partial charge in [0.1, 0.15) is 0 Å². The normalized spacial score (nSPS) is 27.3. The highest BCUT2D eigenvalue weighted by Crippen LogP contribution is 2.58. The quantitative estimate of drug-likeness (QED) is 0.691. The van der Waals surface area contributed by atoms with Crippen LogP contribution < -0.4 is 0 Å². The van der Waals surface area contributed by atoms with Gasteiger partial charge < -0.3 is 9.80 Å². The summed E-state index contributed by atoms with van der Waals surface area (Å²) in [7, 11) is -3.39. The van der Waals surface area contributed by atoms with E-state index in [9.17, 15) is 18.0 Å². The maximum atomic E-state index is 13.4. The predicted octanol–water partition coefficient (Wildman–Crippen LogP) is 0.213. The third-order valence-electron chi connectivity index (χ3n) is 7.14. The number of piperidine rings is 1. The lowest BCUT2D eigenvalue weighted by Crippen LogP contribution is -2.53. The van der Waals surface area contributed by atoms with Gasteiger partial charge in [0.2, 0.25) is 15.9 Å². The molecule has 4 rings (SSSR count). The molecule has 10 heteroatoms. The highest BCUT2D eigenvalue weighted by Gasteiger charge is 2.66. The standard InChI is InChI=1S/C19H27N5O4S/c1-3-22-11-7-19(17(22)26)14-24(29(2,27)28)13-18(19)5-9-23(10-6-18)16(25)15-4-8-20-21-12-15/h4,8,12H,3,5-7,9-11,13-14H2,1-2H3. The third kappa shape index (κ3) is 3.13. The lowest BCUT2D eigenvalue weighted by atomic mass is 9.60. The Labute approximate surface area is 171 Å². The summed E-state index contributed by atoms with van der Waals surface area (Å²) in [6.45, 7) is 4.86. The molecule has 1 atom stereocenters. The number of hydrogen-bond acceptors (Lipinski definition) is 6. The van der Waals surface area contributed by atoms with Gasteiger partial charge in [-0.25, -0.2) is 12.7 Å². The second-order valence-electron chi connectivity index (χ2n) is 8.45. The number of likely N-dealkylation sites (tertiary alicyclic amines) is 2. The number of rotatable bonds is 3. The largest absolute Gasteiger partial charge is 0.342 e. The molecule has 158 valence electrons. The van der Waals surface area contributed by atoms with Crippen molar-refractivity contribution in [1.29, 1.82) is 0 Å². The fourth-order valence-corrected chi connectivity index (χ4v) is 6.34. The van der Waals surface area contributed by atoms with Gasteiger partial charge in [-0.15, -0.1) is 0 Å². The summed E-state index contributed by atoms with van der Waals surface area (Å²) in [5.74, 6) is -0.0287. The van der Waals surface area contributed by atoms with Crippen LogP contribution in [0.5, 0.6) is 0 Å². The Hall–Kier alpha value is -2.07. The number of aromatic nitrogens is 2. The van der Waals surface area contributed by atoms with Crippen LogP contribution in [0, 0.1) is 10.8 Å². The van der Waals surface area contributed by atoms with Crippen LogP contribution >= 0.6 is 0 Å². The first-order valence-corrected chi connectivity index (χ1v) is 11.9. The number of hydrogen-bond donors (Lipinski definition) is 0. The minimum atomic E-state index is -3.39. The van der Waals surface area contributed by atoms with Gasteiger partial charge in [0.15, 0.2) is 0 Å². The van der Waals surface area contributed by atoms with E-state index < -0.39 is 20.9 Å². The van der Waals surface area contributed by atoms with Gasteiger partial charge in [-0.1, -0.05) is 0 Å². The average molecular weight is 422 g/mol. The lowest BCUT2D eigenvalue weighted by Gasteiger charge is -2.46. The van der Waals surface area contributed by atoms with E-state index in [1.807, 2.05) is 11.8 Å².